The number of guanidine groups is 4. The molecule has 2 rings (SSSR count). The average Bonchev–Trinajstić information content (AvgIpc) is 3.09. The Labute approximate surface area is 307 Å². The van der Waals surface area contributed by atoms with Crippen molar-refractivity contribution in [2.24, 2.45) is 86.5 Å². The Bertz CT molecular complexity index is 1770. The third-order valence-electron chi connectivity index (χ3n) is 7.10. The molecule has 0 aromatic heterocycles. The molecule has 20 heteroatoms. The largest absolute Gasteiger partial charge is 0.369 e. The van der Waals surface area contributed by atoms with Crippen molar-refractivity contribution >= 4 is 69.9 Å². The molecule has 0 fully saturated rings. The van der Waals surface area contributed by atoms with E-state index in [9.17, 15) is 9.59 Å². The number of hydrogen-bond donors (Lipinski definition) is 10. The summed E-state index contributed by atoms with van der Waals surface area (Å²) in [6, 6.07) is 10.2. The molecule has 20 nitrogen and oxygen atoms in total. The predicted molar refractivity (Wildman–Crippen MR) is 213 cm³/mol. The van der Waals surface area contributed by atoms with E-state index in [1.54, 1.807) is 44.2 Å². The number of hydrazone groups is 2. The third-order valence-corrected chi connectivity index (χ3v) is 7.10. The monoisotopic (exact) mass is 730 g/mol. The number of benzene rings is 2. The molecule has 0 heterocycles. The zero-order valence-corrected chi connectivity index (χ0v) is 30.4. The molecular formula is C33H50N18O2. The maximum Gasteiger partial charge on any atom is 0.211 e. The highest BCUT2D eigenvalue weighted by Gasteiger charge is 2.11. The van der Waals surface area contributed by atoms with Gasteiger partial charge in [0.15, 0.2) is 11.6 Å². The van der Waals surface area contributed by atoms with Gasteiger partial charge in [-0.1, -0.05) is 19.3 Å². The van der Waals surface area contributed by atoms with Gasteiger partial charge >= 0.3 is 0 Å². The van der Waals surface area contributed by atoms with Crippen molar-refractivity contribution < 1.29 is 9.59 Å². The molecule has 0 radical (unpaired) electrons. The highest BCUT2D eigenvalue weighted by atomic mass is 16.1. The smallest absolute Gasteiger partial charge is 0.211 e. The van der Waals surface area contributed by atoms with Crippen molar-refractivity contribution in [2.75, 3.05) is 0 Å². The van der Waals surface area contributed by atoms with Crippen LogP contribution in [0.4, 0.5) is 11.4 Å². The van der Waals surface area contributed by atoms with Gasteiger partial charge in [-0.05, 0) is 76.9 Å². The molecule has 0 atom stereocenters. The molecule has 2 aromatic rings. The van der Waals surface area contributed by atoms with Gasteiger partial charge in [-0.3, -0.25) is 20.4 Å². The number of aliphatic imine (C=N–C) groups is 2. The number of amidine groups is 2. The van der Waals surface area contributed by atoms with Crippen LogP contribution in [0.1, 0.15) is 104 Å². The fraction of sp³-hybridized carbons (Fsp3) is 0.333. The summed E-state index contributed by atoms with van der Waals surface area (Å²) in [5, 5.41) is 23.5. The highest BCUT2D eigenvalue weighted by Crippen LogP contribution is 2.22. The van der Waals surface area contributed by atoms with Gasteiger partial charge in [0.2, 0.25) is 23.8 Å². The number of nitrogens with zero attached hydrogens (tertiary/aromatic N) is 8. The summed E-state index contributed by atoms with van der Waals surface area (Å²) in [7, 11) is 0. The third kappa shape index (κ3) is 16.6. The van der Waals surface area contributed by atoms with E-state index in [0.717, 1.165) is 32.1 Å². The van der Waals surface area contributed by atoms with E-state index in [0.29, 0.717) is 69.6 Å². The molecule has 0 aliphatic rings. The van der Waals surface area contributed by atoms with Crippen molar-refractivity contribution in [1.29, 1.82) is 0 Å². The average molecular weight is 731 g/mol. The fourth-order valence-corrected chi connectivity index (χ4v) is 4.52. The Balaban J connectivity index is 2.22. The number of nitrogens with one attached hydrogen (secondary N) is 2. The van der Waals surface area contributed by atoms with Crippen LogP contribution in [0.15, 0.2) is 77.0 Å². The molecule has 0 amide bonds. The summed E-state index contributed by atoms with van der Waals surface area (Å²) >= 11 is 0. The molecule has 0 aliphatic carbocycles. The van der Waals surface area contributed by atoms with Crippen LogP contribution in [-0.4, -0.2) is 58.5 Å². The number of hydrogen-bond acceptors (Lipinski definition) is 10. The predicted octanol–water partition coefficient (Wildman–Crippen LogP) is 1.13. The number of unbranched alkanes of at least 4 members (excludes halogenated alkanes) is 4. The quantitative estimate of drug-likeness (QED) is 0.0339. The van der Waals surface area contributed by atoms with Crippen molar-refractivity contribution in [3.8, 4) is 0 Å². The van der Waals surface area contributed by atoms with Gasteiger partial charge in [0.05, 0.1) is 22.8 Å². The van der Waals surface area contributed by atoms with Gasteiger partial charge in [-0.15, -0.1) is 20.4 Å². The first-order valence-corrected chi connectivity index (χ1v) is 16.5. The fourth-order valence-electron chi connectivity index (χ4n) is 4.52. The van der Waals surface area contributed by atoms with E-state index in [1.807, 2.05) is 6.07 Å². The minimum absolute atomic E-state index is 0.162. The molecule has 0 saturated carbocycles. The van der Waals surface area contributed by atoms with Crippen molar-refractivity contribution in [2.45, 2.75) is 72.6 Å². The number of rotatable bonds is 18. The lowest BCUT2D eigenvalue weighted by Crippen LogP contribution is -2.29. The lowest BCUT2D eigenvalue weighted by atomic mass is 10.0. The lowest BCUT2D eigenvalue weighted by Gasteiger charge is -2.10. The van der Waals surface area contributed by atoms with E-state index in [4.69, 9.17) is 50.9 Å². The second kappa shape index (κ2) is 21.4. The SMILES string of the molecule is CC(=O)c1cc(N=C(CCCCCCCC(=Nc2cc(C(C)=NN=C(N)N)cc(C(C)=NN=C(N)N)c2)NN=C(N)N)NN=C(N)N)cc(C(C)=O)c1. The van der Waals surface area contributed by atoms with Gasteiger partial charge in [0.1, 0.15) is 11.7 Å². The van der Waals surface area contributed by atoms with E-state index >= 15 is 0 Å². The highest BCUT2D eigenvalue weighted by molar-refractivity contribution is 6.05. The Morgan fingerprint density at radius 3 is 1.15 bits per heavy atom. The van der Waals surface area contributed by atoms with Gasteiger partial charge in [0, 0.05) is 35.1 Å². The first-order chi connectivity index (χ1) is 25.0. The summed E-state index contributed by atoms with van der Waals surface area (Å²) in [5.74, 6) is -0.0962. The molecule has 2 aromatic carbocycles. The Morgan fingerprint density at radius 2 is 0.811 bits per heavy atom. The second-order valence-electron chi connectivity index (χ2n) is 11.8. The first kappa shape index (κ1) is 42.3. The Morgan fingerprint density at radius 1 is 0.472 bits per heavy atom. The van der Waals surface area contributed by atoms with Gasteiger partial charge in [-0.25, -0.2) is 9.98 Å². The summed E-state index contributed by atoms with van der Waals surface area (Å²) < 4.78 is 0. The topological polar surface area (TPSA) is 365 Å². The standard InChI is InChI=1S/C33H50N18O2/c1-18(44-48-30(34)35)22-12-23(19(2)45-49-31(36)37)15-26(14-22)42-28(46-50-32(38)39)10-8-6-5-7-9-11-29(47-51-33(40)41)43-27-16-24(20(3)52)13-25(17-27)21(4)53/h12-17H,5-11H2,1-4H3,(H,42,46)(H,43,47)(H4,34,35,48)(H4,36,37,49)(H4,38,39,50)(H4,40,41,51). The van der Waals surface area contributed by atoms with Crippen molar-refractivity contribution in [3.63, 3.8) is 0 Å². The van der Waals surface area contributed by atoms with Gasteiger partial charge in [0.25, 0.3) is 0 Å². The summed E-state index contributed by atoms with van der Waals surface area (Å²) in [4.78, 5) is 33.5. The summed E-state index contributed by atoms with van der Waals surface area (Å²) in [6.07, 6.45) is 5.14. The number of carbonyl (C=O) groups is 2. The number of nitrogens with two attached hydrogens (primary N) is 8. The Kier molecular flexibility index (Phi) is 17.1. The number of Topliss-reactive ketones (excluding diaryl/α,β-unsaturated/α-hetero) is 2. The number of ketones is 2. The molecule has 0 bridgehead atoms. The summed E-state index contributed by atoms with van der Waals surface area (Å²) in [5.41, 5.74) is 53.7. The maximum atomic E-state index is 12.0. The molecule has 284 valence electrons. The zero-order valence-electron chi connectivity index (χ0n) is 30.4. The minimum atomic E-state index is -0.190. The van der Waals surface area contributed by atoms with E-state index in [-0.39, 0.29) is 35.4 Å². The van der Waals surface area contributed by atoms with Crippen LogP contribution in [0.25, 0.3) is 0 Å². The van der Waals surface area contributed by atoms with Crippen LogP contribution in [-0.2, 0) is 0 Å². The van der Waals surface area contributed by atoms with Crippen LogP contribution >= 0.6 is 0 Å². The molecule has 18 N–H and O–H groups in total. The molecule has 53 heavy (non-hydrogen) atoms. The molecule has 0 spiro atoms. The van der Waals surface area contributed by atoms with Crippen LogP contribution in [0.5, 0.6) is 0 Å². The van der Waals surface area contributed by atoms with Crippen LogP contribution in [0.2, 0.25) is 0 Å². The maximum absolute atomic E-state index is 12.0. The minimum Gasteiger partial charge on any atom is -0.369 e. The molecule has 0 unspecified atom stereocenters. The van der Waals surface area contributed by atoms with Gasteiger partial charge in [-0.2, -0.15) is 10.2 Å². The van der Waals surface area contributed by atoms with Gasteiger partial charge < -0.3 is 45.9 Å². The van der Waals surface area contributed by atoms with Crippen LogP contribution < -0.4 is 56.7 Å². The molecule has 0 aliphatic heterocycles. The lowest BCUT2D eigenvalue weighted by molar-refractivity contribution is 0.101. The summed E-state index contributed by atoms with van der Waals surface area (Å²) in [6.45, 7) is 6.33. The Hall–Kier alpha value is -6.86. The number of carbonyl (C=O) groups excluding carboxylic acids is 2. The second-order valence-corrected chi connectivity index (χ2v) is 11.8. The molecule has 0 saturated heterocycles. The van der Waals surface area contributed by atoms with Crippen molar-refractivity contribution in [3.05, 3.63) is 58.7 Å². The van der Waals surface area contributed by atoms with Crippen LogP contribution in [0, 0.1) is 0 Å². The molecular weight excluding hydrogens is 680 g/mol. The zero-order chi connectivity index (χ0) is 39.5. The van der Waals surface area contributed by atoms with E-state index in [1.165, 1.54) is 13.8 Å². The van der Waals surface area contributed by atoms with Crippen LogP contribution in [0.3, 0.4) is 0 Å². The van der Waals surface area contributed by atoms with E-state index < -0.39 is 0 Å². The normalized spacial score (nSPS) is 12.0. The first-order valence-electron chi connectivity index (χ1n) is 16.5. The van der Waals surface area contributed by atoms with Crippen molar-refractivity contribution in [1.82, 2.24) is 10.9 Å². The van der Waals surface area contributed by atoms with E-state index in [2.05, 4.69) is 46.5 Å².